The predicted molar refractivity (Wildman–Crippen MR) is 86.1 cm³/mol. The number of carbonyl (C=O) groups is 1. The van der Waals surface area contributed by atoms with E-state index >= 15 is 0 Å². The minimum Gasteiger partial charge on any atom is -0.444 e. The van der Waals surface area contributed by atoms with Gasteiger partial charge in [-0.25, -0.2) is 19.7 Å². The van der Waals surface area contributed by atoms with E-state index in [2.05, 4.69) is 25.3 Å². The van der Waals surface area contributed by atoms with Crippen LogP contribution < -0.4 is 5.32 Å². The summed E-state index contributed by atoms with van der Waals surface area (Å²) >= 11 is 0. The van der Waals surface area contributed by atoms with Gasteiger partial charge in [0.2, 0.25) is 0 Å². The van der Waals surface area contributed by atoms with Crippen LogP contribution in [0.2, 0.25) is 0 Å². The lowest BCUT2D eigenvalue weighted by molar-refractivity contribution is 0.0235. The number of aromatic nitrogens is 4. The summed E-state index contributed by atoms with van der Waals surface area (Å²) in [7, 11) is 0. The van der Waals surface area contributed by atoms with E-state index in [1.54, 1.807) is 11.2 Å². The van der Waals surface area contributed by atoms with Gasteiger partial charge in [0.15, 0.2) is 11.5 Å². The highest BCUT2D eigenvalue weighted by Crippen LogP contribution is 2.22. The highest BCUT2D eigenvalue weighted by molar-refractivity contribution is 5.81. The zero-order valence-electron chi connectivity index (χ0n) is 13.7. The molecule has 124 valence electrons. The summed E-state index contributed by atoms with van der Waals surface area (Å²) in [6, 6.07) is 0.0952. The number of hydrogen-bond acceptors (Lipinski definition) is 6. The SMILES string of the molecule is CC(C)(C)OC(=O)N1CCCC1CNc1ncnc2nc[nH]c12. The number of H-pyrrole nitrogens is 1. The molecule has 1 amide bonds. The number of ether oxygens (including phenoxy) is 1. The van der Waals surface area contributed by atoms with Crippen LogP contribution in [0.25, 0.3) is 11.2 Å². The van der Waals surface area contributed by atoms with Gasteiger partial charge >= 0.3 is 6.09 Å². The molecule has 1 saturated heterocycles. The first-order chi connectivity index (χ1) is 10.9. The van der Waals surface area contributed by atoms with Crippen molar-refractivity contribution < 1.29 is 9.53 Å². The number of rotatable bonds is 3. The summed E-state index contributed by atoms with van der Waals surface area (Å²) in [6.45, 7) is 6.98. The number of nitrogens with one attached hydrogen (secondary N) is 2. The van der Waals surface area contributed by atoms with E-state index < -0.39 is 5.60 Å². The van der Waals surface area contributed by atoms with Gasteiger partial charge in [0.05, 0.1) is 12.4 Å². The summed E-state index contributed by atoms with van der Waals surface area (Å²) in [6.07, 6.45) is 4.74. The zero-order valence-corrected chi connectivity index (χ0v) is 13.7. The molecule has 0 radical (unpaired) electrons. The number of carbonyl (C=O) groups excluding carboxylic acids is 1. The van der Waals surface area contributed by atoms with E-state index in [1.165, 1.54) is 6.33 Å². The highest BCUT2D eigenvalue weighted by Gasteiger charge is 2.32. The van der Waals surface area contributed by atoms with Crippen molar-refractivity contribution in [1.82, 2.24) is 24.8 Å². The summed E-state index contributed by atoms with van der Waals surface area (Å²) in [4.78, 5) is 29.5. The molecule has 8 nitrogen and oxygen atoms in total. The summed E-state index contributed by atoms with van der Waals surface area (Å²) in [5, 5.41) is 3.29. The van der Waals surface area contributed by atoms with Crippen molar-refractivity contribution in [3.63, 3.8) is 0 Å². The van der Waals surface area contributed by atoms with Crippen molar-refractivity contribution in [2.24, 2.45) is 0 Å². The van der Waals surface area contributed by atoms with E-state index in [9.17, 15) is 4.79 Å². The number of imidazole rings is 1. The molecule has 0 saturated carbocycles. The third kappa shape index (κ3) is 3.52. The van der Waals surface area contributed by atoms with Crippen molar-refractivity contribution in [3.8, 4) is 0 Å². The van der Waals surface area contributed by atoms with E-state index in [0.717, 1.165) is 24.9 Å². The predicted octanol–water partition coefficient (Wildman–Crippen LogP) is 2.16. The number of amides is 1. The third-order valence-corrected chi connectivity index (χ3v) is 3.73. The fraction of sp³-hybridized carbons (Fsp3) is 0.600. The van der Waals surface area contributed by atoms with E-state index in [4.69, 9.17) is 4.74 Å². The lowest BCUT2D eigenvalue weighted by Crippen LogP contribution is -2.42. The maximum absolute atomic E-state index is 12.3. The van der Waals surface area contributed by atoms with Crippen molar-refractivity contribution in [1.29, 1.82) is 0 Å². The first kappa shape index (κ1) is 15.5. The molecule has 8 heteroatoms. The molecule has 3 heterocycles. The monoisotopic (exact) mass is 318 g/mol. The first-order valence-corrected chi connectivity index (χ1v) is 7.81. The fourth-order valence-corrected chi connectivity index (χ4v) is 2.72. The summed E-state index contributed by atoms with van der Waals surface area (Å²) in [5.41, 5.74) is 0.916. The van der Waals surface area contributed by atoms with Crippen LogP contribution in [0.4, 0.5) is 10.6 Å². The Kier molecular flexibility index (Phi) is 4.06. The molecular weight excluding hydrogens is 296 g/mol. The fourth-order valence-electron chi connectivity index (χ4n) is 2.72. The van der Waals surface area contributed by atoms with Gasteiger partial charge in [0.25, 0.3) is 0 Å². The Bertz CT molecular complexity index is 693. The van der Waals surface area contributed by atoms with Gasteiger partial charge in [-0.3, -0.25) is 0 Å². The number of likely N-dealkylation sites (tertiary alicyclic amines) is 1. The van der Waals surface area contributed by atoms with Crippen LogP contribution >= 0.6 is 0 Å². The molecule has 3 rings (SSSR count). The number of fused-ring (bicyclic) bond motifs is 1. The molecular formula is C15H22N6O2. The number of anilines is 1. The van der Waals surface area contributed by atoms with Gasteiger partial charge in [-0.05, 0) is 33.6 Å². The summed E-state index contributed by atoms with van der Waals surface area (Å²) < 4.78 is 5.48. The Morgan fingerprint density at radius 2 is 2.26 bits per heavy atom. The van der Waals surface area contributed by atoms with Gasteiger partial charge in [-0.15, -0.1) is 0 Å². The summed E-state index contributed by atoms with van der Waals surface area (Å²) in [5.74, 6) is 0.698. The average Bonchev–Trinajstić information content (AvgIpc) is 3.12. The van der Waals surface area contributed by atoms with Gasteiger partial charge < -0.3 is 19.9 Å². The molecule has 1 unspecified atom stereocenters. The standard InChI is InChI=1S/C15H22N6O2/c1-15(2,3)23-14(22)21-6-4-5-10(21)7-16-12-11-13(18-8-17-11)20-9-19-12/h8-10H,4-7H2,1-3H3,(H2,16,17,18,19,20). The van der Waals surface area contributed by atoms with Gasteiger partial charge in [-0.1, -0.05) is 0 Å². The Balaban J connectivity index is 1.65. The largest absolute Gasteiger partial charge is 0.444 e. The Morgan fingerprint density at radius 3 is 3.04 bits per heavy atom. The molecule has 2 N–H and O–H groups in total. The third-order valence-electron chi connectivity index (χ3n) is 3.73. The molecule has 2 aromatic heterocycles. The molecule has 0 aromatic carbocycles. The minimum absolute atomic E-state index is 0.0952. The maximum atomic E-state index is 12.3. The molecule has 1 aliphatic heterocycles. The van der Waals surface area contributed by atoms with Crippen LogP contribution in [0.15, 0.2) is 12.7 Å². The van der Waals surface area contributed by atoms with Crippen molar-refractivity contribution >= 4 is 23.1 Å². The second kappa shape index (κ2) is 6.02. The lowest BCUT2D eigenvalue weighted by atomic mass is 10.2. The van der Waals surface area contributed by atoms with Crippen molar-refractivity contribution in [2.45, 2.75) is 45.3 Å². The normalized spacial score (nSPS) is 18.4. The lowest BCUT2D eigenvalue weighted by Gasteiger charge is -2.28. The average molecular weight is 318 g/mol. The second-order valence-corrected chi connectivity index (χ2v) is 6.67. The topological polar surface area (TPSA) is 96.0 Å². The van der Waals surface area contributed by atoms with Gasteiger partial charge in [-0.2, -0.15) is 0 Å². The van der Waals surface area contributed by atoms with Crippen molar-refractivity contribution in [3.05, 3.63) is 12.7 Å². The molecule has 23 heavy (non-hydrogen) atoms. The maximum Gasteiger partial charge on any atom is 0.410 e. The number of hydrogen-bond donors (Lipinski definition) is 2. The Hall–Kier alpha value is -2.38. The van der Waals surface area contributed by atoms with Gasteiger partial charge in [0, 0.05) is 13.1 Å². The molecule has 1 fully saturated rings. The van der Waals surface area contributed by atoms with Gasteiger partial charge in [0.1, 0.15) is 17.4 Å². The van der Waals surface area contributed by atoms with Crippen LogP contribution in [0.3, 0.4) is 0 Å². The van der Waals surface area contributed by atoms with Crippen LogP contribution in [0.5, 0.6) is 0 Å². The van der Waals surface area contributed by atoms with E-state index in [0.29, 0.717) is 18.0 Å². The number of nitrogens with zero attached hydrogens (tertiary/aromatic N) is 4. The smallest absolute Gasteiger partial charge is 0.410 e. The van der Waals surface area contributed by atoms with E-state index in [-0.39, 0.29) is 12.1 Å². The van der Waals surface area contributed by atoms with Crippen LogP contribution in [-0.2, 0) is 4.74 Å². The minimum atomic E-state index is -0.480. The zero-order chi connectivity index (χ0) is 16.4. The van der Waals surface area contributed by atoms with Crippen molar-refractivity contribution in [2.75, 3.05) is 18.4 Å². The highest BCUT2D eigenvalue weighted by atomic mass is 16.6. The first-order valence-electron chi connectivity index (χ1n) is 7.81. The Labute approximate surface area is 134 Å². The van der Waals surface area contributed by atoms with Crippen LogP contribution in [-0.4, -0.2) is 55.7 Å². The molecule has 2 aromatic rings. The number of aromatic amines is 1. The van der Waals surface area contributed by atoms with E-state index in [1.807, 2.05) is 20.8 Å². The van der Waals surface area contributed by atoms with Crippen LogP contribution in [0.1, 0.15) is 33.6 Å². The molecule has 0 bridgehead atoms. The molecule has 0 spiro atoms. The molecule has 0 aliphatic carbocycles. The Morgan fingerprint density at radius 1 is 1.43 bits per heavy atom. The molecule has 1 atom stereocenters. The molecule has 1 aliphatic rings. The second-order valence-electron chi connectivity index (χ2n) is 6.67. The quantitative estimate of drug-likeness (QED) is 0.900. The van der Waals surface area contributed by atoms with Crippen LogP contribution in [0, 0.1) is 0 Å².